The zero-order valence-corrected chi connectivity index (χ0v) is 10.7. The first-order valence-corrected chi connectivity index (χ1v) is 6.32. The fraction of sp³-hybridized carbons (Fsp3) is 0.533. The Morgan fingerprint density at radius 1 is 1.29 bits per heavy atom. The number of fused-ring (bicyclic) bond motifs is 1. The first-order chi connectivity index (χ1) is 8.11. The molecule has 0 amide bonds. The number of benzene rings is 1. The Morgan fingerprint density at radius 2 is 1.88 bits per heavy atom. The van der Waals surface area contributed by atoms with Crippen molar-refractivity contribution in [1.29, 1.82) is 5.26 Å². The van der Waals surface area contributed by atoms with Gasteiger partial charge in [-0.2, -0.15) is 5.26 Å². The molecule has 0 saturated heterocycles. The Bertz CT molecular complexity index is 404. The lowest BCUT2D eigenvalue weighted by atomic mass is 9.91. The minimum atomic E-state index is -0.210. The third-order valence-corrected chi connectivity index (χ3v) is 3.54. The van der Waals surface area contributed by atoms with Gasteiger partial charge in [-0.25, -0.2) is 0 Å². The fourth-order valence-corrected chi connectivity index (χ4v) is 2.35. The molecule has 0 saturated carbocycles. The summed E-state index contributed by atoms with van der Waals surface area (Å²) in [4.78, 5) is 0. The first kappa shape index (κ1) is 12.1. The van der Waals surface area contributed by atoms with Gasteiger partial charge in [-0.15, -0.1) is 0 Å². The van der Waals surface area contributed by atoms with E-state index in [9.17, 15) is 0 Å². The number of hydrogen-bond donors (Lipinski definition) is 1. The van der Waals surface area contributed by atoms with Gasteiger partial charge in [-0.1, -0.05) is 24.3 Å². The standard InChI is InChI=1S/C15H20N2/c1-15(2,11-16)7-8-17-14-9-12-5-3-4-6-13(12)10-14/h3-6,14,17H,7-10H2,1-2H3. The van der Waals surface area contributed by atoms with Crippen molar-refractivity contribution in [2.75, 3.05) is 6.54 Å². The molecular weight excluding hydrogens is 208 g/mol. The van der Waals surface area contributed by atoms with Crippen LogP contribution in [-0.2, 0) is 12.8 Å². The van der Waals surface area contributed by atoms with Crippen molar-refractivity contribution in [2.45, 2.75) is 39.2 Å². The van der Waals surface area contributed by atoms with Crippen molar-refractivity contribution in [3.8, 4) is 6.07 Å². The van der Waals surface area contributed by atoms with Gasteiger partial charge in [0.2, 0.25) is 0 Å². The fourth-order valence-electron chi connectivity index (χ4n) is 2.35. The van der Waals surface area contributed by atoms with Crippen molar-refractivity contribution in [3.63, 3.8) is 0 Å². The molecule has 1 aromatic rings. The molecule has 0 atom stereocenters. The number of nitriles is 1. The maximum atomic E-state index is 8.95. The summed E-state index contributed by atoms with van der Waals surface area (Å²) in [6.45, 7) is 4.93. The second-order valence-electron chi connectivity index (χ2n) is 5.57. The second-order valence-corrected chi connectivity index (χ2v) is 5.57. The molecule has 17 heavy (non-hydrogen) atoms. The molecule has 90 valence electrons. The van der Waals surface area contributed by atoms with E-state index >= 15 is 0 Å². The van der Waals surface area contributed by atoms with Crippen LogP contribution < -0.4 is 5.32 Å². The first-order valence-electron chi connectivity index (χ1n) is 6.32. The van der Waals surface area contributed by atoms with Gasteiger partial charge in [-0.05, 0) is 50.8 Å². The highest BCUT2D eigenvalue weighted by molar-refractivity contribution is 5.33. The molecule has 1 aromatic carbocycles. The zero-order chi connectivity index (χ0) is 12.3. The zero-order valence-electron chi connectivity index (χ0n) is 10.7. The van der Waals surface area contributed by atoms with E-state index < -0.39 is 0 Å². The number of rotatable bonds is 4. The highest BCUT2D eigenvalue weighted by Crippen LogP contribution is 2.22. The van der Waals surface area contributed by atoms with Crippen molar-refractivity contribution in [3.05, 3.63) is 35.4 Å². The molecule has 2 heteroatoms. The van der Waals surface area contributed by atoms with Crippen LogP contribution in [0.1, 0.15) is 31.4 Å². The summed E-state index contributed by atoms with van der Waals surface area (Å²) in [5.74, 6) is 0. The molecule has 0 unspecified atom stereocenters. The highest BCUT2D eigenvalue weighted by atomic mass is 14.9. The van der Waals surface area contributed by atoms with Crippen LogP contribution >= 0.6 is 0 Å². The van der Waals surface area contributed by atoms with Gasteiger partial charge in [0.1, 0.15) is 0 Å². The van der Waals surface area contributed by atoms with Gasteiger partial charge in [0.15, 0.2) is 0 Å². The largest absolute Gasteiger partial charge is 0.313 e. The summed E-state index contributed by atoms with van der Waals surface area (Å²) < 4.78 is 0. The Kier molecular flexibility index (Phi) is 3.49. The van der Waals surface area contributed by atoms with E-state index in [1.165, 1.54) is 11.1 Å². The quantitative estimate of drug-likeness (QED) is 0.860. The van der Waals surface area contributed by atoms with Crippen LogP contribution in [0.25, 0.3) is 0 Å². The van der Waals surface area contributed by atoms with Crippen molar-refractivity contribution >= 4 is 0 Å². The Morgan fingerprint density at radius 3 is 2.41 bits per heavy atom. The van der Waals surface area contributed by atoms with Gasteiger partial charge in [0, 0.05) is 6.04 Å². The van der Waals surface area contributed by atoms with Gasteiger partial charge in [-0.3, -0.25) is 0 Å². The molecule has 0 bridgehead atoms. The summed E-state index contributed by atoms with van der Waals surface area (Å²) >= 11 is 0. The Labute approximate surface area is 104 Å². The van der Waals surface area contributed by atoms with Crippen LogP contribution in [0.5, 0.6) is 0 Å². The summed E-state index contributed by atoms with van der Waals surface area (Å²) in [6.07, 6.45) is 3.17. The number of nitrogens with zero attached hydrogens (tertiary/aromatic N) is 1. The molecule has 2 rings (SSSR count). The predicted molar refractivity (Wildman–Crippen MR) is 69.7 cm³/mol. The molecule has 1 N–H and O–H groups in total. The van der Waals surface area contributed by atoms with E-state index in [0.717, 1.165) is 25.8 Å². The summed E-state index contributed by atoms with van der Waals surface area (Å²) in [5.41, 5.74) is 2.74. The van der Waals surface area contributed by atoms with Crippen LogP contribution in [0.15, 0.2) is 24.3 Å². The maximum absolute atomic E-state index is 8.95. The average molecular weight is 228 g/mol. The highest BCUT2D eigenvalue weighted by Gasteiger charge is 2.21. The van der Waals surface area contributed by atoms with Crippen molar-refractivity contribution < 1.29 is 0 Å². The monoisotopic (exact) mass is 228 g/mol. The van der Waals surface area contributed by atoms with E-state index in [-0.39, 0.29) is 5.41 Å². The molecule has 2 nitrogen and oxygen atoms in total. The van der Waals surface area contributed by atoms with Crippen LogP contribution in [0.2, 0.25) is 0 Å². The van der Waals surface area contributed by atoms with Crippen LogP contribution in [0.3, 0.4) is 0 Å². The van der Waals surface area contributed by atoms with Crippen LogP contribution in [-0.4, -0.2) is 12.6 Å². The minimum absolute atomic E-state index is 0.210. The number of hydrogen-bond acceptors (Lipinski definition) is 2. The van der Waals surface area contributed by atoms with Gasteiger partial charge in [0.05, 0.1) is 11.5 Å². The molecule has 0 fully saturated rings. The molecule has 1 aliphatic rings. The smallest absolute Gasteiger partial charge is 0.0684 e. The van der Waals surface area contributed by atoms with Crippen LogP contribution in [0, 0.1) is 16.7 Å². The Balaban J connectivity index is 1.80. The SMILES string of the molecule is CC(C)(C#N)CCNC1Cc2ccccc2C1. The average Bonchev–Trinajstić information content (AvgIpc) is 2.71. The molecule has 1 aliphatic carbocycles. The van der Waals surface area contributed by atoms with Crippen molar-refractivity contribution in [1.82, 2.24) is 5.32 Å². The maximum Gasteiger partial charge on any atom is 0.0684 e. The topological polar surface area (TPSA) is 35.8 Å². The van der Waals surface area contributed by atoms with Gasteiger partial charge in [0.25, 0.3) is 0 Å². The summed E-state index contributed by atoms with van der Waals surface area (Å²) in [7, 11) is 0. The van der Waals surface area contributed by atoms with Crippen LogP contribution in [0.4, 0.5) is 0 Å². The van der Waals surface area contributed by atoms with E-state index in [2.05, 4.69) is 35.7 Å². The second kappa shape index (κ2) is 4.89. The van der Waals surface area contributed by atoms with Crippen molar-refractivity contribution in [2.24, 2.45) is 5.41 Å². The van der Waals surface area contributed by atoms with E-state index in [4.69, 9.17) is 5.26 Å². The molecule has 0 heterocycles. The third kappa shape index (κ3) is 3.08. The molecular formula is C15H20N2. The van der Waals surface area contributed by atoms with E-state index in [0.29, 0.717) is 6.04 Å². The molecule has 0 aliphatic heterocycles. The minimum Gasteiger partial charge on any atom is -0.313 e. The predicted octanol–water partition coefficient (Wildman–Crippen LogP) is 2.68. The summed E-state index contributed by atoms with van der Waals surface area (Å²) in [6, 6.07) is 11.6. The van der Waals surface area contributed by atoms with Gasteiger partial charge >= 0.3 is 0 Å². The molecule has 0 radical (unpaired) electrons. The molecule has 0 aromatic heterocycles. The van der Waals surface area contributed by atoms with E-state index in [1.807, 2.05) is 13.8 Å². The third-order valence-electron chi connectivity index (χ3n) is 3.54. The normalized spacial score (nSPS) is 15.6. The number of nitrogens with one attached hydrogen (secondary N) is 1. The Hall–Kier alpha value is -1.33. The lowest BCUT2D eigenvalue weighted by molar-refractivity contribution is 0.410. The summed E-state index contributed by atoms with van der Waals surface area (Å²) in [5, 5.41) is 12.5. The van der Waals surface area contributed by atoms with Gasteiger partial charge < -0.3 is 5.32 Å². The lowest BCUT2D eigenvalue weighted by Gasteiger charge is -2.17. The van der Waals surface area contributed by atoms with E-state index in [1.54, 1.807) is 0 Å². The molecule has 0 spiro atoms. The lowest BCUT2D eigenvalue weighted by Crippen LogP contribution is -2.32.